The van der Waals surface area contributed by atoms with Gasteiger partial charge in [-0.1, -0.05) is 19.1 Å². The first-order valence-electron chi connectivity index (χ1n) is 4.25. The second kappa shape index (κ2) is 4.51. The van der Waals surface area contributed by atoms with Crippen molar-refractivity contribution in [2.45, 2.75) is 13.3 Å². The minimum atomic E-state index is -0.0434. The van der Waals surface area contributed by atoms with Gasteiger partial charge in [0, 0.05) is 24.9 Å². The van der Waals surface area contributed by atoms with E-state index in [0.717, 1.165) is 19.5 Å². The molecule has 1 amide bonds. The summed E-state index contributed by atoms with van der Waals surface area (Å²) in [6.45, 7) is 3.46. The lowest BCUT2D eigenvalue weighted by Crippen LogP contribution is -2.37. The van der Waals surface area contributed by atoms with Gasteiger partial charge in [0.1, 0.15) is 0 Å². The molecule has 1 rings (SSSR count). The van der Waals surface area contributed by atoms with E-state index in [2.05, 4.69) is 6.08 Å². The van der Waals surface area contributed by atoms with Crippen LogP contribution in [0.25, 0.3) is 0 Å². The first kappa shape index (κ1) is 9.59. The summed E-state index contributed by atoms with van der Waals surface area (Å²) in [7, 11) is 0. The minimum Gasteiger partial charge on any atom is -0.338 e. The Kier molecular flexibility index (Phi) is 3.60. The SMILES string of the molecule is CC(CCl)C(=O)N1CC=CCC1. The van der Waals surface area contributed by atoms with Crippen LogP contribution < -0.4 is 0 Å². The van der Waals surface area contributed by atoms with Crippen LogP contribution in [0.2, 0.25) is 0 Å². The van der Waals surface area contributed by atoms with E-state index in [4.69, 9.17) is 11.6 Å². The Morgan fingerprint density at radius 2 is 2.42 bits per heavy atom. The molecule has 0 saturated heterocycles. The van der Waals surface area contributed by atoms with E-state index < -0.39 is 0 Å². The summed E-state index contributed by atoms with van der Waals surface area (Å²) in [6, 6.07) is 0. The van der Waals surface area contributed by atoms with Crippen molar-refractivity contribution in [1.29, 1.82) is 0 Å². The van der Waals surface area contributed by atoms with Gasteiger partial charge in [-0.2, -0.15) is 0 Å². The highest BCUT2D eigenvalue weighted by atomic mass is 35.5. The van der Waals surface area contributed by atoms with Crippen molar-refractivity contribution >= 4 is 17.5 Å². The maximum Gasteiger partial charge on any atom is 0.226 e. The number of hydrogen-bond donors (Lipinski definition) is 0. The fourth-order valence-electron chi connectivity index (χ4n) is 1.22. The van der Waals surface area contributed by atoms with Crippen LogP contribution in [0.15, 0.2) is 12.2 Å². The van der Waals surface area contributed by atoms with Crippen molar-refractivity contribution in [3.05, 3.63) is 12.2 Å². The molecule has 1 atom stereocenters. The minimum absolute atomic E-state index is 0.0434. The lowest BCUT2D eigenvalue weighted by Gasteiger charge is -2.25. The number of nitrogens with zero attached hydrogens (tertiary/aromatic N) is 1. The van der Waals surface area contributed by atoms with Crippen LogP contribution in [0.5, 0.6) is 0 Å². The molecule has 3 heteroatoms. The smallest absolute Gasteiger partial charge is 0.226 e. The number of carbonyl (C=O) groups is 1. The second-order valence-electron chi connectivity index (χ2n) is 3.10. The van der Waals surface area contributed by atoms with E-state index in [-0.39, 0.29) is 11.8 Å². The molecule has 0 aromatic carbocycles. The van der Waals surface area contributed by atoms with Crippen LogP contribution in [-0.2, 0) is 4.79 Å². The summed E-state index contributed by atoms with van der Waals surface area (Å²) in [5.41, 5.74) is 0. The summed E-state index contributed by atoms with van der Waals surface area (Å²) in [5, 5.41) is 0. The van der Waals surface area contributed by atoms with Crippen LogP contribution in [0.1, 0.15) is 13.3 Å². The van der Waals surface area contributed by atoms with Gasteiger partial charge in [0.05, 0.1) is 0 Å². The van der Waals surface area contributed by atoms with E-state index in [1.807, 2.05) is 17.9 Å². The molecule has 0 N–H and O–H groups in total. The molecule has 68 valence electrons. The summed E-state index contributed by atoms with van der Waals surface area (Å²) < 4.78 is 0. The van der Waals surface area contributed by atoms with Crippen molar-refractivity contribution < 1.29 is 4.79 Å². The molecule has 0 aromatic heterocycles. The molecule has 1 aliphatic heterocycles. The van der Waals surface area contributed by atoms with Crippen molar-refractivity contribution in [3.8, 4) is 0 Å². The lowest BCUT2D eigenvalue weighted by atomic mass is 10.1. The molecule has 1 unspecified atom stereocenters. The van der Waals surface area contributed by atoms with E-state index in [0.29, 0.717) is 5.88 Å². The van der Waals surface area contributed by atoms with Crippen molar-refractivity contribution in [2.75, 3.05) is 19.0 Å². The third kappa shape index (κ3) is 2.24. The Hall–Kier alpha value is -0.500. The molecule has 2 nitrogen and oxygen atoms in total. The van der Waals surface area contributed by atoms with Crippen LogP contribution >= 0.6 is 11.6 Å². The van der Waals surface area contributed by atoms with Gasteiger partial charge in [0.15, 0.2) is 0 Å². The molecule has 0 spiro atoms. The third-order valence-corrected chi connectivity index (χ3v) is 2.49. The highest BCUT2D eigenvalue weighted by Crippen LogP contribution is 2.08. The molecule has 0 saturated carbocycles. The monoisotopic (exact) mass is 187 g/mol. The zero-order valence-electron chi connectivity index (χ0n) is 7.29. The molecule has 1 aliphatic rings. The number of carbonyl (C=O) groups excluding carboxylic acids is 1. The lowest BCUT2D eigenvalue weighted by molar-refractivity contribution is -0.133. The standard InChI is InChI=1S/C9H14ClNO/c1-8(7-10)9(12)11-5-3-2-4-6-11/h2-3,8H,4-7H2,1H3. The number of alkyl halides is 1. The van der Waals surface area contributed by atoms with Gasteiger partial charge in [0.25, 0.3) is 0 Å². The maximum absolute atomic E-state index is 11.5. The van der Waals surface area contributed by atoms with Crippen LogP contribution in [-0.4, -0.2) is 29.8 Å². The van der Waals surface area contributed by atoms with Gasteiger partial charge >= 0.3 is 0 Å². The van der Waals surface area contributed by atoms with E-state index in [9.17, 15) is 4.79 Å². The van der Waals surface area contributed by atoms with Gasteiger partial charge in [0.2, 0.25) is 5.91 Å². The van der Waals surface area contributed by atoms with Crippen LogP contribution in [0.4, 0.5) is 0 Å². The largest absolute Gasteiger partial charge is 0.338 e. The van der Waals surface area contributed by atoms with Crippen molar-refractivity contribution in [3.63, 3.8) is 0 Å². The predicted molar refractivity (Wildman–Crippen MR) is 50.2 cm³/mol. The predicted octanol–water partition coefficient (Wildman–Crippen LogP) is 1.65. The van der Waals surface area contributed by atoms with Crippen LogP contribution in [0.3, 0.4) is 0 Å². The normalized spacial score (nSPS) is 19.3. The van der Waals surface area contributed by atoms with Gasteiger partial charge in [-0.3, -0.25) is 4.79 Å². The molecule has 12 heavy (non-hydrogen) atoms. The van der Waals surface area contributed by atoms with Gasteiger partial charge in [-0.05, 0) is 6.42 Å². The number of amides is 1. The topological polar surface area (TPSA) is 20.3 Å². The molecular formula is C9H14ClNO. The Bertz CT molecular complexity index is 191. The Labute approximate surface area is 78.2 Å². The highest BCUT2D eigenvalue weighted by Gasteiger charge is 2.19. The highest BCUT2D eigenvalue weighted by molar-refractivity contribution is 6.19. The number of rotatable bonds is 2. The van der Waals surface area contributed by atoms with E-state index in [1.54, 1.807) is 0 Å². The van der Waals surface area contributed by atoms with Crippen molar-refractivity contribution in [1.82, 2.24) is 4.90 Å². The number of hydrogen-bond acceptors (Lipinski definition) is 1. The summed E-state index contributed by atoms with van der Waals surface area (Å²) in [4.78, 5) is 13.4. The summed E-state index contributed by atoms with van der Waals surface area (Å²) in [5.74, 6) is 0.548. The second-order valence-corrected chi connectivity index (χ2v) is 3.41. The quantitative estimate of drug-likeness (QED) is 0.476. The van der Waals surface area contributed by atoms with E-state index >= 15 is 0 Å². The zero-order valence-corrected chi connectivity index (χ0v) is 8.05. The first-order valence-corrected chi connectivity index (χ1v) is 4.79. The fourth-order valence-corrected chi connectivity index (χ4v) is 1.35. The molecular weight excluding hydrogens is 174 g/mol. The van der Waals surface area contributed by atoms with Gasteiger partial charge in [-0.15, -0.1) is 11.6 Å². The molecule has 0 bridgehead atoms. The Morgan fingerprint density at radius 1 is 1.67 bits per heavy atom. The Balaban J connectivity index is 2.46. The first-order chi connectivity index (χ1) is 5.75. The number of halogens is 1. The Morgan fingerprint density at radius 3 is 2.92 bits per heavy atom. The average Bonchev–Trinajstić information content (AvgIpc) is 2.17. The molecule has 0 fully saturated rings. The van der Waals surface area contributed by atoms with Crippen molar-refractivity contribution in [2.24, 2.45) is 5.92 Å². The zero-order chi connectivity index (χ0) is 8.97. The summed E-state index contributed by atoms with van der Waals surface area (Å²) in [6.07, 6.45) is 5.11. The maximum atomic E-state index is 11.5. The molecule has 0 radical (unpaired) electrons. The molecule has 0 aromatic rings. The third-order valence-electron chi connectivity index (χ3n) is 2.02. The summed E-state index contributed by atoms with van der Waals surface area (Å²) >= 11 is 5.60. The van der Waals surface area contributed by atoms with Gasteiger partial charge < -0.3 is 4.90 Å². The van der Waals surface area contributed by atoms with Crippen LogP contribution in [0, 0.1) is 5.92 Å². The van der Waals surface area contributed by atoms with E-state index in [1.165, 1.54) is 0 Å². The average molecular weight is 188 g/mol. The van der Waals surface area contributed by atoms with Gasteiger partial charge in [-0.25, -0.2) is 0 Å². The fraction of sp³-hybridized carbons (Fsp3) is 0.667. The molecule has 1 heterocycles. The molecule has 0 aliphatic carbocycles.